The summed E-state index contributed by atoms with van der Waals surface area (Å²) in [5.74, 6) is 2.94. The number of nitrogens with one attached hydrogen (secondary N) is 4. The quantitative estimate of drug-likeness (QED) is 0.0343. The molecule has 0 spiro atoms. The normalized spacial score (nSPS) is 21.8. The van der Waals surface area contributed by atoms with Gasteiger partial charge in [-0.2, -0.15) is 0 Å². The molecule has 4 aliphatic heterocycles. The van der Waals surface area contributed by atoms with Crippen molar-refractivity contribution in [3.63, 3.8) is 0 Å². The van der Waals surface area contributed by atoms with Crippen LogP contribution in [-0.2, 0) is 25.7 Å². The van der Waals surface area contributed by atoms with Gasteiger partial charge in [0.1, 0.15) is 0 Å². The Morgan fingerprint density at radius 3 is 0.583 bits per heavy atom. The van der Waals surface area contributed by atoms with E-state index in [-0.39, 0.29) is 0 Å². The van der Waals surface area contributed by atoms with Crippen LogP contribution >= 0.6 is 0 Å². The van der Waals surface area contributed by atoms with Gasteiger partial charge in [0.05, 0.1) is 0 Å². The first-order valence-electron chi connectivity index (χ1n) is 36.6. The van der Waals surface area contributed by atoms with E-state index in [0.717, 1.165) is 74.0 Å². The van der Waals surface area contributed by atoms with E-state index in [0.29, 0.717) is 0 Å². The van der Waals surface area contributed by atoms with E-state index in [9.17, 15) is 0 Å². The van der Waals surface area contributed by atoms with Crippen molar-refractivity contribution in [2.24, 2.45) is 0 Å². The van der Waals surface area contributed by atoms with Gasteiger partial charge in [0.2, 0.25) is 0 Å². The van der Waals surface area contributed by atoms with Crippen LogP contribution in [0.1, 0.15) is 329 Å². The SMILES string of the molecule is CCCCCCCCc1ccc([C@@H]2CN[C@@H](CC)C2)cc1.CCCCCCCCc1ccc([C@@H]2CN[C@H](CC)C2)cc1.CCCCCCCCc1ccc([C@H]2CN[C@@H](CC)C2)cc1.CCCCCCCCc1ccc([C@H]2CN[C@H](CC)C2)cc1. The molecule has 4 saturated heterocycles. The molecule has 4 fully saturated rings. The molecule has 0 radical (unpaired) electrons. The van der Waals surface area contributed by atoms with E-state index in [2.05, 4.69) is 174 Å². The Morgan fingerprint density at radius 2 is 0.417 bits per heavy atom. The minimum absolute atomic E-state index is 0.734. The fraction of sp³-hybridized carbons (Fsp3) is 0.700. The number of aryl methyl sites for hydroxylation is 4. The molecule has 4 aromatic carbocycles. The zero-order valence-electron chi connectivity index (χ0n) is 56.1. The van der Waals surface area contributed by atoms with Crippen molar-refractivity contribution < 1.29 is 0 Å². The average molecular weight is 1150 g/mol. The fourth-order valence-electron chi connectivity index (χ4n) is 13.8. The highest BCUT2D eigenvalue weighted by Crippen LogP contribution is 2.31. The molecule has 4 heterocycles. The first-order chi connectivity index (χ1) is 41.3. The molecule has 4 aromatic rings. The number of hydrogen-bond acceptors (Lipinski definition) is 4. The molecule has 472 valence electrons. The summed E-state index contributed by atoms with van der Waals surface area (Å²) in [6.07, 6.45) is 48.6. The molecule has 84 heavy (non-hydrogen) atoms. The molecule has 4 nitrogen and oxygen atoms in total. The summed E-state index contributed by atoms with van der Waals surface area (Å²) in [7, 11) is 0. The molecule has 0 bridgehead atoms. The lowest BCUT2D eigenvalue weighted by Gasteiger charge is -2.10. The molecular weight excluding hydrogens is 1020 g/mol. The van der Waals surface area contributed by atoms with Crippen molar-refractivity contribution in [3.8, 4) is 0 Å². The highest BCUT2D eigenvalue weighted by Gasteiger charge is 2.27. The Morgan fingerprint density at radius 1 is 0.238 bits per heavy atom. The molecule has 8 atom stereocenters. The van der Waals surface area contributed by atoms with Crippen LogP contribution in [-0.4, -0.2) is 50.3 Å². The third-order valence-electron chi connectivity index (χ3n) is 19.9. The Bertz CT molecular complexity index is 1840. The van der Waals surface area contributed by atoms with E-state index >= 15 is 0 Å². The van der Waals surface area contributed by atoms with Crippen molar-refractivity contribution in [2.45, 2.75) is 334 Å². The van der Waals surface area contributed by atoms with Gasteiger partial charge in [-0.15, -0.1) is 0 Å². The Kier molecular flexibility index (Phi) is 38.3. The van der Waals surface area contributed by atoms with Gasteiger partial charge in [0.15, 0.2) is 0 Å². The van der Waals surface area contributed by atoms with Gasteiger partial charge in [-0.3, -0.25) is 0 Å². The lowest BCUT2D eigenvalue weighted by Crippen LogP contribution is -2.19. The third-order valence-corrected chi connectivity index (χ3v) is 19.9. The van der Waals surface area contributed by atoms with Crippen molar-refractivity contribution in [1.29, 1.82) is 0 Å². The van der Waals surface area contributed by atoms with E-state index < -0.39 is 0 Å². The summed E-state index contributed by atoms with van der Waals surface area (Å²) >= 11 is 0. The van der Waals surface area contributed by atoms with Crippen LogP contribution in [0.5, 0.6) is 0 Å². The molecular formula is C80H132N4. The van der Waals surface area contributed by atoms with Crippen LogP contribution < -0.4 is 21.3 Å². The Hall–Kier alpha value is -3.28. The molecule has 4 N–H and O–H groups in total. The standard InChI is InChI=1S/4C20H33N/c4*1-3-5-6-7-8-9-10-17-11-13-18(14-12-17)19-15-20(4-2)21-16-19/h4*11-14,19-21H,3-10,15-16H2,1-2H3/t2*19-,20+;2*19-,20-/m1010/s1. The number of benzene rings is 4. The molecule has 4 aliphatic rings. The van der Waals surface area contributed by atoms with Crippen LogP contribution in [0.25, 0.3) is 0 Å². The molecule has 0 aliphatic carbocycles. The number of hydrogen-bond donors (Lipinski definition) is 4. The summed E-state index contributed by atoms with van der Waals surface area (Å²) in [4.78, 5) is 0. The zero-order valence-corrected chi connectivity index (χ0v) is 56.1. The van der Waals surface area contributed by atoms with E-state index in [1.807, 2.05) is 0 Å². The van der Waals surface area contributed by atoms with Crippen molar-refractivity contribution in [3.05, 3.63) is 142 Å². The van der Waals surface area contributed by atoms with Gasteiger partial charge >= 0.3 is 0 Å². The lowest BCUT2D eigenvalue weighted by atomic mass is 9.94. The van der Waals surface area contributed by atoms with Crippen LogP contribution in [0.15, 0.2) is 97.1 Å². The van der Waals surface area contributed by atoms with Crippen LogP contribution in [0.4, 0.5) is 0 Å². The smallest absolute Gasteiger partial charge is 0.00709 e. The third kappa shape index (κ3) is 28.7. The molecule has 8 rings (SSSR count). The molecule has 0 unspecified atom stereocenters. The maximum Gasteiger partial charge on any atom is 0.00709 e. The lowest BCUT2D eigenvalue weighted by molar-refractivity contribution is 0.582. The Balaban J connectivity index is 0.000000205. The zero-order chi connectivity index (χ0) is 59.7. The molecule has 0 amide bonds. The summed E-state index contributed by atoms with van der Waals surface area (Å²) in [6, 6.07) is 40.8. The second-order valence-corrected chi connectivity index (χ2v) is 26.8. The van der Waals surface area contributed by atoms with Crippen LogP contribution in [0.2, 0.25) is 0 Å². The largest absolute Gasteiger partial charge is 0.313 e. The molecule has 4 heteroatoms. The van der Waals surface area contributed by atoms with Crippen LogP contribution in [0.3, 0.4) is 0 Å². The summed E-state index contributed by atoms with van der Waals surface area (Å²) in [5, 5.41) is 14.5. The highest BCUT2D eigenvalue weighted by molar-refractivity contribution is 5.30. The summed E-state index contributed by atoms with van der Waals surface area (Å²) in [5.41, 5.74) is 12.2. The second kappa shape index (κ2) is 45.0. The summed E-state index contributed by atoms with van der Waals surface area (Å²) in [6.45, 7) is 22.9. The topological polar surface area (TPSA) is 48.1 Å². The second-order valence-electron chi connectivity index (χ2n) is 26.8. The van der Waals surface area contributed by atoms with Crippen LogP contribution in [0, 0.1) is 0 Å². The van der Waals surface area contributed by atoms with E-state index in [1.54, 1.807) is 0 Å². The number of rotatable bonds is 36. The van der Waals surface area contributed by atoms with Gasteiger partial charge < -0.3 is 21.3 Å². The predicted molar refractivity (Wildman–Crippen MR) is 372 cm³/mol. The van der Waals surface area contributed by atoms with Gasteiger partial charge in [-0.1, -0.05) is 281 Å². The fourth-order valence-corrected chi connectivity index (χ4v) is 13.8. The van der Waals surface area contributed by atoms with Gasteiger partial charge in [0.25, 0.3) is 0 Å². The minimum Gasteiger partial charge on any atom is -0.313 e. The van der Waals surface area contributed by atoms with Gasteiger partial charge in [-0.05, 0) is 171 Å². The first kappa shape index (κ1) is 71.5. The number of unbranched alkanes of at least 4 members (excludes halogenated alkanes) is 20. The van der Waals surface area contributed by atoms with E-state index in [1.165, 1.54) is 276 Å². The Labute approximate surface area is 520 Å². The maximum atomic E-state index is 3.63. The predicted octanol–water partition coefficient (Wildman–Crippen LogP) is 21.8. The monoisotopic (exact) mass is 1150 g/mol. The minimum atomic E-state index is 0.734. The van der Waals surface area contributed by atoms with E-state index in [4.69, 9.17) is 0 Å². The molecule has 0 saturated carbocycles. The summed E-state index contributed by atoms with van der Waals surface area (Å²) < 4.78 is 0. The average Bonchev–Trinajstić information content (AvgIpc) is 4.53. The van der Waals surface area contributed by atoms with Gasteiger partial charge in [-0.25, -0.2) is 0 Å². The van der Waals surface area contributed by atoms with Gasteiger partial charge in [0, 0.05) is 50.3 Å². The van der Waals surface area contributed by atoms with Crippen molar-refractivity contribution in [2.75, 3.05) is 26.2 Å². The highest BCUT2D eigenvalue weighted by atomic mass is 15.0. The maximum absolute atomic E-state index is 3.63. The first-order valence-corrected chi connectivity index (χ1v) is 36.6. The van der Waals surface area contributed by atoms with Crippen molar-refractivity contribution >= 4 is 0 Å². The van der Waals surface area contributed by atoms with Crippen molar-refractivity contribution in [1.82, 2.24) is 21.3 Å². The molecule has 0 aromatic heterocycles.